The topological polar surface area (TPSA) is 0 Å². The number of rotatable bonds is 2. The standard InChI is InChI=1S/2C8H11Si.Cu/c2*1-9(2)8-6-4-3-5-7-8;/h2*3-7H,1-2H3;. The van der Waals surface area contributed by atoms with Crippen LogP contribution in [-0.2, 0) is 17.1 Å². The van der Waals surface area contributed by atoms with E-state index in [2.05, 4.69) is 86.9 Å². The smallest absolute Gasteiger partial charge is 0.0671 e. The third-order valence-corrected chi connectivity index (χ3v) is 5.68. The summed E-state index contributed by atoms with van der Waals surface area (Å²) in [4.78, 5) is 0. The molecule has 3 heteroatoms. The SMILES string of the molecule is C[Si](C)c1ccccc1.C[Si](C)c1ccccc1.[Cu]. The second kappa shape index (κ2) is 10.2. The molecule has 0 atom stereocenters. The molecular formula is C16H22CuSi2. The van der Waals surface area contributed by atoms with Gasteiger partial charge in [0.25, 0.3) is 0 Å². The van der Waals surface area contributed by atoms with Gasteiger partial charge in [-0.2, -0.15) is 0 Å². The molecule has 0 bridgehead atoms. The molecule has 3 radical (unpaired) electrons. The van der Waals surface area contributed by atoms with Crippen molar-refractivity contribution in [3.63, 3.8) is 0 Å². The van der Waals surface area contributed by atoms with Gasteiger partial charge in [-0.05, 0) is 0 Å². The van der Waals surface area contributed by atoms with E-state index >= 15 is 0 Å². The van der Waals surface area contributed by atoms with Gasteiger partial charge >= 0.3 is 0 Å². The zero-order chi connectivity index (χ0) is 13.4. The fourth-order valence-corrected chi connectivity index (χ4v) is 3.26. The molecular weight excluding hydrogens is 312 g/mol. The molecule has 0 heterocycles. The molecule has 2 rings (SSSR count). The molecule has 0 saturated heterocycles. The van der Waals surface area contributed by atoms with Gasteiger partial charge in [-0.1, -0.05) is 97.2 Å². The quantitative estimate of drug-likeness (QED) is 0.740. The van der Waals surface area contributed by atoms with E-state index in [1.807, 2.05) is 0 Å². The average molecular weight is 334 g/mol. The summed E-state index contributed by atoms with van der Waals surface area (Å²) in [6, 6.07) is 21.4. The Morgan fingerprint density at radius 3 is 0.947 bits per heavy atom. The van der Waals surface area contributed by atoms with Gasteiger partial charge in [0.1, 0.15) is 0 Å². The Bertz CT molecular complexity index is 384. The minimum Gasteiger partial charge on any atom is -0.0671 e. The Balaban J connectivity index is 0.000000324. The van der Waals surface area contributed by atoms with E-state index in [4.69, 9.17) is 0 Å². The molecule has 0 unspecified atom stereocenters. The molecule has 105 valence electrons. The van der Waals surface area contributed by atoms with Crippen LogP contribution in [0, 0.1) is 0 Å². The number of hydrogen-bond acceptors (Lipinski definition) is 0. The third-order valence-electron chi connectivity index (χ3n) is 2.70. The summed E-state index contributed by atoms with van der Waals surface area (Å²) in [5, 5.41) is 3.03. The summed E-state index contributed by atoms with van der Waals surface area (Å²) in [6.45, 7) is 9.22. The van der Waals surface area contributed by atoms with Crippen LogP contribution in [0.1, 0.15) is 0 Å². The van der Waals surface area contributed by atoms with E-state index in [1.54, 1.807) is 0 Å². The second-order valence-corrected chi connectivity index (χ2v) is 9.89. The summed E-state index contributed by atoms with van der Waals surface area (Å²) in [7, 11) is -0.424. The maximum Gasteiger partial charge on any atom is 0.0791 e. The van der Waals surface area contributed by atoms with Crippen molar-refractivity contribution in [2.45, 2.75) is 26.2 Å². The van der Waals surface area contributed by atoms with Gasteiger partial charge in [-0.15, -0.1) is 0 Å². The summed E-state index contributed by atoms with van der Waals surface area (Å²) in [5.41, 5.74) is 0. The molecule has 0 aromatic heterocycles. The first-order valence-electron chi connectivity index (χ1n) is 6.32. The van der Waals surface area contributed by atoms with Gasteiger partial charge in [0.15, 0.2) is 0 Å². The van der Waals surface area contributed by atoms with Crippen LogP contribution in [0.25, 0.3) is 0 Å². The van der Waals surface area contributed by atoms with E-state index in [0.717, 1.165) is 0 Å². The number of hydrogen-bond donors (Lipinski definition) is 0. The largest absolute Gasteiger partial charge is 0.0791 e. The predicted molar refractivity (Wildman–Crippen MR) is 87.1 cm³/mol. The summed E-state index contributed by atoms with van der Waals surface area (Å²) in [6.07, 6.45) is 0. The van der Waals surface area contributed by atoms with E-state index in [0.29, 0.717) is 0 Å². The van der Waals surface area contributed by atoms with Gasteiger partial charge in [-0.25, -0.2) is 0 Å². The van der Waals surface area contributed by atoms with Crippen LogP contribution in [0.5, 0.6) is 0 Å². The van der Waals surface area contributed by atoms with Gasteiger partial charge < -0.3 is 0 Å². The monoisotopic (exact) mass is 333 g/mol. The average Bonchev–Trinajstić information content (AvgIpc) is 2.41. The van der Waals surface area contributed by atoms with Gasteiger partial charge in [0.05, 0.1) is 17.6 Å². The molecule has 0 saturated carbocycles. The minimum atomic E-state index is -0.212. The van der Waals surface area contributed by atoms with Crippen molar-refractivity contribution in [2.75, 3.05) is 0 Å². The van der Waals surface area contributed by atoms with Gasteiger partial charge in [0, 0.05) is 17.1 Å². The van der Waals surface area contributed by atoms with E-state index < -0.39 is 0 Å². The molecule has 0 N–H and O–H groups in total. The molecule has 0 aliphatic carbocycles. The first-order valence-corrected chi connectivity index (χ1v) is 11.3. The van der Waals surface area contributed by atoms with Crippen molar-refractivity contribution < 1.29 is 17.1 Å². The van der Waals surface area contributed by atoms with Crippen LogP contribution >= 0.6 is 0 Å². The molecule has 0 amide bonds. The van der Waals surface area contributed by atoms with E-state index in [1.165, 1.54) is 10.4 Å². The first kappa shape index (κ1) is 18.4. The summed E-state index contributed by atoms with van der Waals surface area (Å²) >= 11 is 0. The van der Waals surface area contributed by atoms with Crippen molar-refractivity contribution in [3.05, 3.63) is 60.7 Å². The Morgan fingerprint density at radius 2 is 0.789 bits per heavy atom. The minimum absolute atomic E-state index is 0. The van der Waals surface area contributed by atoms with Crippen LogP contribution in [0.2, 0.25) is 26.2 Å². The van der Waals surface area contributed by atoms with Crippen LogP contribution in [0.4, 0.5) is 0 Å². The van der Waals surface area contributed by atoms with Crippen molar-refractivity contribution >= 4 is 28.0 Å². The fraction of sp³-hybridized carbons (Fsp3) is 0.250. The van der Waals surface area contributed by atoms with E-state index in [9.17, 15) is 0 Å². The Hall–Kier alpha value is -0.607. The van der Waals surface area contributed by atoms with Crippen LogP contribution in [-0.4, -0.2) is 17.6 Å². The third kappa shape index (κ3) is 7.53. The van der Waals surface area contributed by atoms with Crippen LogP contribution in [0.3, 0.4) is 0 Å². The van der Waals surface area contributed by atoms with Crippen molar-refractivity contribution in [1.29, 1.82) is 0 Å². The second-order valence-electron chi connectivity index (χ2n) is 4.73. The Morgan fingerprint density at radius 1 is 0.526 bits per heavy atom. The molecule has 2 aromatic rings. The Kier molecular flexibility index (Phi) is 9.89. The molecule has 0 nitrogen and oxygen atoms in total. The van der Waals surface area contributed by atoms with Crippen molar-refractivity contribution in [3.8, 4) is 0 Å². The maximum absolute atomic E-state index is 2.31. The Labute approximate surface area is 132 Å². The normalized spacial score (nSPS) is 9.58. The zero-order valence-corrected chi connectivity index (χ0v) is 15.0. The van der Waals surface area contributed by atoms with Crippen molar-refractivity contribution in [1.82, 2.24) is 0 Å². The number of benzene rings is 2. The molecule has 0 fully saturated rings. The maximum atomic E-state index is 2.31. The van der Waals surface area contributed by atoms with Crippen LogP contribution < -0.4 is 10.4 Å². The molecule has 2 aromatic carbocycles. The predicted octanol–water partition coefficient (Wildman–Crippen LogP) is 3.29. The van der Waals surface area contributed by atoms with Gasteiger partial charge in [-0.3, -0.25) is 0 Å². The molecule has 0 aliphatic rings. The first-order chi connectivity index (χ1) is 8.61. The molecule has 0 spiro atoms. The fourth-order valence-electron chi connectivity index (χ4n) is 1.54. The molecule has 19 heavy (non-hydrogen) atoms. The summed E-state index contributed by atoms with van der Waals surface area (Å²) < 4.78 is 0. The van der Waals surface area contributed by atoms with Crippen LogP contribution in [0.15, 0.2) is 60.7 Å². The zero-order valence-electron chi connectivity index (χ0n) is 12.1. The van der Waals surface area contributed by atoms with E-state index in [-0.39, 0.29) is 34.7 Å². The van der Waals surface area contributed by atoms with Gasteiger partial charge in [0.2, 0.25) is 0 Å². The van der Waals surface area contributed by atoms with Crippen molar-refractivity contribution in [2.24, 2.45) is 0 Å². The molecule has 0 aliphatic heterocycles. The summed E-state index contributed by atoms with van der Waals surface area (Å²) in [5.74, 6) is 0.